The number of nitrogens with zero attached hydrogens (tertiary/aromatic N) is 5. The molecular formula is C39H35ClN6O9. The number of nitrogens with one attached hydrogen (secondary N) is 1. The molecule has 0 unspecified atom stereocenters. The first-order chi connectivity index (χ1) is 26.4. The number of rotatable bonds is 10. The van der Waals surface area contributed by atoms with Gasteiger partial charge in [0.1, 0.15) is 17.2 Å². The molecule has 0 spiro atoms. The van der Waals surface area contributed by atoms with Gasteiger partial charge < -0.3 is 24.8 Å². The number of amides is 5. The van der Waals surface area contributed by atoms with Crippen molar-refractivity contribution in [3.8, 4) is 17.2 Å². The number of carbonyl (C=O) groups is 4. The van der Waals surface area contributed by atoms with Crippen molar-refractivity contribution in [1.82, 2.24) is 9.91 Å². The molecule has 0 saturated carbocycles. The monoisotopic (exact) mass is 766 g/mol. The summed E-state index contributed by atoms with van der Waals surface area (Å²) in [4.78, 5) is 67.4. The molecule has 55 heavy (non-hydrogen) atoms. The number of hydrazine groups is 1. The largest absolute Gasteiger partial charge is 0.506 e. The zero-order valence-electron chi connectivity index (χ0n) is 29.9. The van der Waals surface area contributed by atoms with Gasteiger partial charge in [-0.3, -0.25) is 29.6 Å². The van der Waals surface area contributed by atoms with Gasteiger partial charge in [-0.2, -0.15) is 5.01 Å². The SMILES string of the molecule is CCN(Cc1cc([N+](=O)[O-])ccc1OC(=O)N(C)c1cccc2c(O)c(C(=O)Nc3ccccc3Cl)ccc12)C(=O)N1C(=O)CCN1c1ccc(OC)cc1. The van der Waals surface area contributed by atoms with E-state index < -0.39 is 28.9 Å². The van der Waals surface area contributed by atoms with Crippen molar-refractivity contribution >= 4 is 69.1 Å². The minimum absolute atomic E-state index is 0.0249. The molecule has 6 rings (SSSR count). The fourth-order valence-corrected chi connectivity index (χ4v) is 6.30. The van der Waals surface area contributed by atoms with E-state index in [0.717, 1.165) is 5.01 Å². The molecule has 2 N–H and O–H groups in total. The van der Waals surface area contributed by atoms with E-state index in [-0.39, 0.29) is 59.8 Å². The molecule has 1 fully saturated rings. The number of hydrogen-bond donors (Lipinski definition) is 2. The Balaban J connectivity index is 1.25. The second-order valence-corrected chi connectivity index (χ2v) is 12.7. The Kier molecular flexibility index (Phi) is 11.0. The van der Waals surface area contributed by atoms with E-state index in [4.69, 9.17) is 21.1 Å². The number of phenols is 1. The fraction of sp³-hybridized carbons (Fsp3) is 0.179. The normalized spacial score (nSPS) is 12.4. The van der Waals surface area contributed by atoms with Crippen LogP contribution in [0.3, 0.4) is 0 Å². The maximum Gasteiger partial charge on any atom is 0.419 e. The van der Waals surface area contributed by atoms with Crippen LogP contribution in [0, 0.1) is 10.1 Å². The lowest BCUT2D eigenvalue weighted by Gasteiger charge is -2.33. The second-order valence-electron chi connectivity index (χ2n) is 12.3. The lowest BCUT2D eigenvalue weighted by molar-refractivity contribution is -0.384. The Morgan fingerprint density at radius 3 is 2.42 bits per heavy atom. The predicted molar refractivity (Wildman–Crippen MR) is 206 cm³/mol. The smallest absolute Gasteiger partial charge is 0.419 e. The maximum absolute atomic E-state index is 13.9. The number of para-hydroxylation sites is 1. The molecule has 1 saturated heterocycles. The summed E-state index contributed by atoms with van der Waals surface area (Å²) in [6.07, 6.45) is -0.804. The van der Waals surface area contributed by atoms with Gasteiger partial charge in [-0.25, -0.2) is 9.59 Å². The Hall–Kier alpha value is -6.87. The Morgan fingerprint density at radius 2 is 1.73 bits per heavy atom. The van der Waals surface area contributed by atoms with E-state index in [1.165, 1.54) is 48.2 Å². The molecule has 15 nitrogen and oxygen atoms in total. The van der Waals surface area contributed by atoms with Crippen LogP contribution < -0.4 is 24.7 Å². The second kappa shape index (κ2) is 16.0. The first-order valence-corrected chi connectivity index (χ1v) is 17.4. The molecule has 0 aromatic heterocycles. The van der Waals surface area contributed by atoms with Gasteiger partial charge in [-0.05, 0) is 61.5 Å². The number of methoxy groups -OCH3 is 1. The van der Waals surface area contributed by atoms with Gasteiger partial charge in [0.2, 0.25) is 0 Å². The van der Waals surface area contributed by atoms with E-state index in [1.54, 1.807) is 84.7 Å². The highest BCUT2D eigenvalue weighted by Gasteiger charge is 2.37. The van der Waals surface area contributed by atoms with E-state index >= 15 is 0 Å². The number of non-ortho nitro benzene ring substituents is 1. The summed E-state index contributed by atoms with van der Waals surface area (Å²) in [5.74, 6) is -0.813. The fourth-order valence-electron chi connectivity index (χ4n) is 6.12. The number of halogens is 1. The standard InChI is InChI=1S/C39H35ClN6O9/c1-4-43(38(50)45-35(47)20-21-44(45)25-12-15-27(54-3)16-13-25)23-24-22-26(46(52)53)14-19-34(24)55-39(51)42(2)33-11-7-8-29-28(33)17-18-30(36(29)48)37(49)41-32-10-6-5-9-31(32)40/h5-19,22,48H,4,20-21,23H2,1-3H3,(H,41,49). The molecule has 5 aromatic carbocycles. The number of nitro groups is 1. The lowest BCUT2D eigenvalue weighted by Crippen LogP contribution is -2.50. The van der Waals surface area contributed by atoms with Crippen molar-refractivity contribution in [1.29, 1.82) is 0 Å². The van der Waals surface area contributed by atoms with Crippen LogP contribution in [0.5, 0.6) is 17.2 Å². The van der Waals surface area contributed by atoms with Crippen molar-refractivity contribution in [3.05, 3.63) is 123 Å². The number of urea groups is 1. The summed E-state index contributed by atoms with van der Waals surface area (Å²) >= 11 is 6.18. The first-order valence-electron chi connectivity index (χ1n) is 17.0. The molecule has 0 aliphatic carbocycles. The van der Waals surface area contributed by atoms with E-state index in [2.05, 4.69) is 5.32 Å². The van der Waals surface area contributed by atoms with Gasteiger partial charge in [0.05, 0.1) is 46.2 Å². The van der Waals surface area contributed by atoms with Gasteiger partial charge >= 0.3 is 12.1 Å². The minimum atomic E-state index is -0.891. The molecule has 16 heteroatoms. The number of hydrogen-bond acceptors (Lipinski definition) is 10. The zero-order valence-corrected chi connectivity index (χ0v) is 30.6. The molecule has 0 bridgehead atoms. The number of nitro benzene ring substituents is 1. The molecule has 0 atom stereocenters. The zero-order chi connectivity index (χ0) is 39.4. The van der Waals surface area contributed by atoms with Crippen LogP contribution in [-0.2, 0) is 11.3 Å². The Labute approximate surface area is 319 Å². The summed E-state index contributed by atoms with van der Waals surface area (Å²) in [6, 6.07) is 24.3. The predicted octanol–water partition coefficient (Wildman–Crippen LogP) is 7.60. The third kappa shape index (κ3) is 7.77. The van der Waals surface area contributed by atoms with Crippen LogP contribution in [0.4, 0.5) is 32.3 Å². The number of anilines is 3. The average molecular weight is 767 g/mol. The van der Waals surface area contributed by atoms with E-state index in [0.29, 0.717) is 33.2 Å². The van der Waals surface area contributed by atoms with Crippen molar-refractivity contribution in [2.45, 2.75) is 19.9 Å². The van der Waals surface area contributed by atoms with Crippen molar-refractivity contribution in [2.75, 3.05) is 42.5 Å². The number of phenolic OH excluding ortho intramolecular Hbond substituents is 1. The Morgan fingerprint density at radius 1 is 0.982 bits per heavy atom. The van der Waals surface area contributed by atoms with Crippen molar-refractivity contribution in [3.63, 3.8) is 0 Å². The number of aromatic hydroxyl groups is 1. The molecular weight excluding hydrogens is 732 g/mol. The Bertz CT molecular complexity index is 2320. The highest BCUT2D eigenvalue weighted by molar-refractivity contribution is 6.34. The molecule has 5 aromatic rings. The van der Waals surface area contributed by atoms with Crippen molar-refractivity contribution in [2.24, 2.45) is 0 Å². The van der Waals surface area contributed by atoms with Gasteiger partial charge in [0.15, 0.2) is 0 Å². The van der Waals surface area contributed by atoms with E-state index in [9.17, 15) is 34.4 Å². The van der Waals surface area contributed by atoms with Gasteiger partial charge in [0, 0.05) is 55.0 Å². The highest BCUT2D eigenvalue weighted by Crippen LogP contribution is 2.36. The van der Waals surface area contributed by atoms with Crippen LogP contribution in [0.25, 0.3) is 10.8 Å². The summed E-state index contributed by atoms with van der Waals surface area (Å²) in [5, 5.41) is 29.2. The molecule has 5 amide bonds. The van der Waals surface area contributed by atoms with Gasteiger partial charge in [-0.15, -0.1) is 0 Å². The van der Waals surface area contributed by atoms with Gasteiger partial charge in [0.25, 0.3) is 17.5 Å². The number of benzene rings is 5. The molecule has 1 heterocycles. The van der Waals surface area contributed by atoms with Crippen LogP contribution in [0.2, 0.25) is 5.02 Å². The van der Waals surface area contributed by atoms with Crippen LogP contribution >= 0.6 is 11.6 Å². The average Bonchev–Trinajstić information content (AvgIpc) is 3.58. The van der Waals surface area contributed by atoms with E-state index in [1.807, 2.05) is 0 Å². The summed E-state index contributed by atoms with van der Waals surface area (Å²) in [6.45, 7) is 1.80. The highest BCUT2D eigenvalue weighted by atomic mass is 35.5. The molecule has 1 aliphatic rings. The van der Waals surface area contributed by atoms with Crippen LogP contribution in [-0.4, -0.2) is 71.1 Å². The molecule has 0 radical (unpaired) electrons. The van der Waals surface area contributed by atoms with Crippen molar-refractivity contribution < 1.29 is 38.7 Å². The number of fused-ring (bicyclic) bond motifs is 1. The minimum Gasteiger partial charge on any atom is -0.506 e. The molecule has 282 valence electrons. The first kappa shape index (κ1) is 37.9. The van der Waals surface area contributed by atoms with Gasteiger partial charge in [-0.1, -0.05) is 41.9 Å². The summed E-state index contributed by atoms with van der Waals surface area (Å²) in [7, 11) is 2.96. The topological polar surface area (TPSA) is 175 Å². The maximum atomic E-state index is 13.9. The lowest BCUT2D eigenvalue weighted by atomic mass is 10.0. The number of carbonyl (C=O) groups excluding carboxylic acids is 4. The third-order valence-corrected chi connectivity index (χ3v) is 9.37. The summed E-state index contributed by atoms with van der Waals surface area (Å²) < 4.78 is 11.0. The number of imide groups is 1. The number of ether oxygens (including phenoxy) is 2. The quantitative estimate of drug-likeness (QED) is 0.106. The molecule has 1 aliphatic heterocycles. The van der Waals surface area contributed by atoms with Crippen LogP contribution in [0.15, 0.2) is 97.1 Å². The summed E-state index contributed by atoms with van der Waals surface area (Å²) in [5.41, 5.74) is 1.07. The third-order valence-electron chi connectivity index (χ3n) is 9.04. The van der Waals surface area contributed by atoms with Crippen LogP contribution in [0.1, 0.15) is 29.3 Å².